The zero-order chi connectivity index (χ0) is 16.0. The van der Waals surface area contributed by atoms with Crippen LogP contribution in [-0.4, -0.2) is 57.4 Å². The topological polar surface area (TPSA) is 165 Å². The van der Waals surface area contributed by atoms with E-state index < -0.39 is 29.8 Å². The molecule has 0 saturated carbocycles. The standard InChI is InChI=1S/C10H14N4O6S/c11-10(12)13-5(9(18)19)3-21-4-8(17)20-14-6(15)1-2-7(14)16/h5H,1-4H2,(H,18,19)(H4,11,12,13). The number of carboxylic acids is 1. The summed E-state index contributed by atoms with van der Waals surface area (Å²) in [6, 6.07) is -1.19. The molecule has 1 atom stereocenters. The molecule has 0 radical (unpaired) electrons. The van der Waals surface area contributed by atoms with Crippen LogP contribution >= 0.6 is 11.8 Å². The minimum atomic E-state index is -1.24. The van der Waals surface area contributed by atoms with Gasteiger partial charge < -0.3 is 21.4 Å². The minimum absolute atomic E-state index is 0.00480. The zero-order valence-corrected chi connectivity index (χ0v) is 11.7. The summed E-state index contributed by atoms with van der Waals surface area (Å²) in [5, 5.41) is 9.27. The van der Waals surface area contributed by atoms with Crippen LogP contribution in [0.25, 0.3) is 0 Å². The molecule has 2 amide bonds. The summed E-state index contributed by atoms with van der Waals surface area (Å²) in [7, 11) is 0. The van der Waals surface area contributed by atoms with E-state index in [-0.39, 0.29) is 30.3 Å². The van der Waals surface area contributed by atoms with Crippen molar-refractivity contribution in [1.82, 2.24) is 5.06 Å². The Kier molecular flexibility index (Phi) is 5.96. The highest BCUT2D eigenvalue weighted by molar-refractivity contribution is 8.00. The summed E-state index contributed by atoms with van der Waals surface area (Å²) in [4.78, 5) is 52.8. The number of carboxylic acid groups (broad SMARTS) is 1. The Labute approximate surface area is 123 Å². The van der Waals surface area contributed by atoms with Gasteiger partial charge in [-0.05, 0) is 0 Å². The van der Waals surface area contributed by atoms with Crippen molar-refractivity contribution in [2.45, 2.75) is 18.9 Å². The lowest BCUT2D eigenvalue weighted by Crippen LogP contribution is -2.33. The summed E-state index contributed by atoms with van der Waals surface area (Å²) in [6.07, 6.45) is 0.00960. The van der Waals surface area contributed by atoms with Crippen molar-refractivity contribution in [3.05, 3.63) is 0 Å². The van der Waals surface area contributed by atoms with Gasteiger partial charge in [0.2, 0.25) is 0 Å². The summed E-state index contributed by atoms with van der Waals surface area (Å²) in [6.45, 7) is 0. The first-order valence-corrected chi connectivity index (χ1v) is 6.92. The van der Waals surface area contributed by atoms with Crippen molar-refractivity contribution >= 4 is 41.5 Å². The van der Waals surface area contributed by atoms with E-state index in [1.165, 1.54) is 0 Å². The average Bonchev–Trinajstić information content (AvgIpc) is 2.68. The quantitative estimate of drug-likeness (QED) is 0.275. The number of rotatable bonds is 7. The number of aliphatic carboxylic acids is 1. The number of hydrogen-bond acceptors (Lipinski definition) is 7. The molecule has 0 aliphatic carbocycles. The number of thioether (sulfide) groups is 1. The fraction of sp³-hybridized carbons (Fsp3) is 0.500. The third kappa shape index (κ3) is 5.30. The first kappa shape index (κ1) is 16.8. The Bertz CT molecular complexity index is 474. The molecule has 11 heteroatoms. The number of carbonyl (C=O) groups is 4. The van der Waals surface area contributed by atoms with Crippen LogP contribution in [0.5, 0.6) is 0 Å². The van der Waals surface area contributed by atoms with Gasteiger partial charge in [-0.15, -0.1) is 16.8 Å². The van der Waals surface area contributed by atoms with Crippen LogP contribution in [0.1, 0.15) is 12.8 Å². The SMILES string of the molecule is NC(N)=NC(CSCC(=O)ON1C(=O)CCC1=O)C(=O)O. The monoisotopic (exact) mass is 318 g/mol. The number of nitrogens with two attached hydrogens (primary N) is 2. The first-order chi connectivity index (χ1) is 9.81. The third-order valence-corrected chi connectivity index (χ3v) is 3.28. The van der Waals surface area contributed by atoms with Crippen molar-refractivity contribution in [2.24, 2.45) is 16.5 Å². The van der Waals surface area contributed by atoms with Gasteiger partial charge in [0, 0.05) is 18.6 Å². The highest BCUT2D eigenvalue weighted by Gasteiger charge is 2.32. The van der Waals surface area contributed by atoms with Gasteiger partial charge in [-0.3, -0.25) is 9.59 Å². The van der Waals surface area contributed by atoms with Crippen molar-refractivity contribution in [3.63, 3.8) is 0 Å². The molecule has 0 aromatic heterocycles. The lowest BCUT2D eigenvalue weighted by molar-refractivity contribution is -0.195. The summed E-state index contributed by atoms with van der Waals surface area (Å²) in [5.41, 5.74) is 10.2. The van der Waals surface area contributed by atoms with E-state index in [4.69, 9.17) is 16.6 Å². The Morgan fingerprint density at radius 3 is 2.38 bits per heavy atom. The summed E-state index contributed by atoms with van der Waals surface area (Å²) < 4.78 is 0. The van der Waals surface area contributed by atoms with Crippen LogP contribution in [0, 0.1) is 0 Å². The predicted octanol–water partition coefficient (Wildman–Crippen LogP) is -1.95. The summed E-state index contributed by atoms with van der Waals surface area (Å²) >= 11 is 0.903. The molecule has 116 valence electrons. The molecule has 0 spiro atoms. The molecule has 21 heavy (non-hydrogen) atoms. The molecule has 1 aliphatic heterocycles. The van der Waals surface area contributed by atoms with E-state index in [2.05, 4.69) is 9.83 Å². The van der Waals surface area contributed by atoms with Crippen LogP contribution in [-0.2, 0) is 24.0 Å². The molecule has 5 N–H and O–H groups in total. The fourth-order valence-electron chi connectivity index (χ4n) is 1.38. The van der Waals surface area contributed by atoms with E-state index in [1.54, 1.807) is 0 Å². The number of hydrogen-bond donors (Lipinski definition) is 3. The van der Waals surface area contributed by atoms with Gasteiger partial charge in [0.25, 0.3) is 11.8 Å². The molecule has 0 aromatic carbocycles. The molecule has 10 nitrogen and oxygen atoms in total. The third-order valence-electron chi connectivity index (χ3n) is 2.28. The normalized spacial score (nSPS) is 15.7. The number of carbonyl (C=O) groups excluding carboxylic acids is 3. The maximum Gasteiger partial charge on any atom is 0.342 e. The van der Waals surface area contributed by atoms with E-state index in [1.807, 2.05) is 0 Å². The first-order valence-electron chi connectivity index (χ1n) is 5.77. The fourth-order valence-corrected chi connectivity index (χ4v) is 2.16. The largest absolute Gasteiger partial charge is 0.480 e. The van der Waals surface area contributed by atoms with Gasteiger partial charge >= 0.3 is 11.9 Å². The highest BCUT2D eigenvalue weighted by Crippen LogP contribution is 2.13. The number of nitrogens with zero attached hydrogens (tertiary/aromatic N) is 2. The van der Waals surface area contributed by atoms with Gasteiger partial charge in [-0.25, -0.2) is 14.6 Å². The van der Waals surface area contributed by atoms with Crippen molar-refractivity contribution < 1.29 is 29.1 Å². The van der Waals surface area contributed by atoms with E-state index in [9.17, 15) is 19.2 Å². The second-order valence-electron chi connectivity index (χ2n) is 3.97. The van der Waals surface area contributed by atoms with Gasteiger partial charge in [-0.1, -0.05) is 0 Å². The lowest BCUT2D eigenvalue weighted by atomic mass is 10.4. The Morgan fingerprint density at radius 1 is 1.33 bits per heavy atom. The zero-order valence-electron chi connectivity index (χ0n) is 10.9. The molecular formula is C10H14N4O6S. The molecular weight excluding hydrogens is 304 g/mol. The van der Waals surface area contributed by atoms with Crippen LogP contribution < -0.4 is 11.5 Å². The molecule has 1 rings (SSSR count). The smallest absolute Gasteiger partial charge is 0.342 e. The second kappa shape index (κ2) is 7.47. The molecule has 0 bridgehead atoms. The number of aliphatic imine (C=N–C) groups is 1. The van der Waals surface area contributed by atoms with Crippen LogP contribution in [0.15, 0.2) is 4.99 Å². The number of guanidine groups is 1. The van der Waals surface area contributed by atoms with E-state index in [0.29, 0.717) is 5.06 Å². The van der Waals surface area contributed by atoms with E-state index in [0.717, 1.165) is 11.8 Å². The maximum atomic E-state index is 11.4. The maximum absolute atomic E-state index is 11.4. The number of imide groups is 1. The van der Waals surface area contributed by atoms with E-state index >= 15 is 0 Å². The average molecular weight is 318 g/mol. The van der Waals surface area contributed by atoms with Gasteiger partial charge in [-0.2, -0.15) is 0 Å². The molecule has 1 fully saturated rings. The molecule has 1 heterocycles. The van der Waals surface area contributed by atoms with Gasteiger partial charge in [0.1, 0.15) is 0 Å². The van der Waals surface area contributed by atoms with Crippen LogP contribution in [0.3, 0.4) is 0 Å². The second-order valence-corrected chi connectivity index (χ2v) is 5.00. The minimum Gasteiger partial charge on any atom is -0.480 e. The van der Waals surface area contributed by atoms with Crippen molar-refractivity contribution in [1.29, 1.82) is 0 Å². The van der Waals surface area contributed by atoms with Gasteiger partial charge in [0.15, 0.2) is 12.0 Å². The predicted molar refractivity (Wildman–Crippen MR) is 71.7 cm³/mol. The van der Waals surface area contributed by atoms with Gasteiger partial charge in [0.05, 0.1) is 5.75 Å². The van der Waals surface area contributed by atoms with Crippen LogP contribution in [0.4, 0.5) is 0 Å². The highest BCUT2D eigenvalue weighted by atomic mass is 32.2. The summed E-state index contributed by atoms with van der Waals surface area (Å²) in [5.74, 6) is -3.93. The van der Waals surface area contributed by atoms with Crippen LogP contribution in [0.2, 0.25) is 0 Å². The Morgan fingerprint density at radius 2 is 1.90 bits per heavy atom. The molecule has 1 unspecified atom stereocenters. The molecule has 0 aromatic rings. The molecule has 1 saturated heterocycles. The Balaban J connectivity index is 2.39. The number of amides is 2. The lowest BCUT2D eigenvalue weighted by Gasteiger charge is -2.12. The van der Waals surface area contributed by atoms with Crippen molar-refractivity contribution in [3.8, 4) is 0 Å². The molecule has 1 aliphatic rings. The Hall–Kier alpha value is -2.30. The van der Waals surface area contributed by atoms with Crippen molar-refractivity contribution in [2.75, 3.05) is 11.5 Å². The number of hydroxylamine groups is 2.